The van der Waals surface area contributed by atoms with Crippen LogP contribution < -0.4 is 0 Å². The summed E-state index contributed by atoms with van der Waals surface area (Å²) in [6, 6.07) is 0. The summed E-state index contributed by atoms with van der Waals surface area (Å²) in [5.74, 6) is 0.849. The van der Waals surface area contributed by atoms with Crippen LogP contribution in [0.1, 0.15) is 324 Å². The number of ether oxygens (including phenoxy) is 3. The average Bonchev–Trinajstić information content (AvgIpc) is 3.27. The topological polar surface area (TPSA) is 78.9 Å². The maximum absolute atomic E-state index is 12.8. The smallest absolute Gasteiger partial charge is 0.306 e. The molecule has 1 atom stereocenters. The molecule has 0 amide bonds. The summed E-state index contributed by atoms with van der Waals surface area (Å²) in [5.41, 5.74) is 0. The third-order valence-corrected chi connectivity index (χ3v) is 13.2. The van der Waals surface area contributed by atoms with Crippen LogP contribution in [-0.4, -0.2) is 37.2 Å². The second-order valence-electron chi connectivity index (χ2n) is 20.9. The van der Waals surface area contributed by atoms with Crippen molar-refractivity contribution < 1.29 is 28.6 Å². The van der Waals surface area contributed by atoms with Gasteiger partial charge in [0.25, 0.3) is 0 Å². The van der Waals surface area contributed by atoms with E-state index < -0.39 is 6.10 Å². The molecular weight excluding hydrogens is 793 g/mol. The zero-order valence-electron chi connectivity index (χ0n) is 43.9. The molecule has 6 nitrogen and oxygen atoms in total. The summed E-state index contributed by atoms with van der Waals surface area (Å²) in [6.07, 6.45) is 53.8. The van der Waals surface area contributed by atoms with Gasteiger partial charge < -0.3 is 14.2 Å². The first-order chi connectivity index (χ1) is 31.2. The Kier molecular flexibility index (Phi) is 49.6. The molecule has 0 bridgehead atoms. The molecule has 0 aromatic rings. The van der Waals surface area contributed by atoms with E-state index in [4.69, 9.17) is 14.2 Å². The van der Waals surface area contributed by atoms with Gasteiger partial charge in [-0.05, 0) is 31.1 Å². The molecule has 0 N–H and O–H groups in total. The van der Waals surface area contributed by atoms with E-state index in [0.717, 1.165) is 69.6 Å². The van der Waals surface area contributed by atoms with Crippen LogP contribution in [0.15, 0.2) is 0 Å². The predicted molar refractivity (Wildman–Crippen MR) is 275 cm³/mol. The molecule has 0 fully saturated rings. The van der Waals surface area contributed by atoms with Crippen LogP contribution >= 0.6 is 0 Å². The van der Waals surface area contributed by atoms with Crippen LogP contribution in [0.2, 0.25) is 0 Å². The second-order valence-corrected chi connectivity index (χ2v) is 20.9. The third-order valence-electron chi connectivity index (χ3n) is 13.2. The van der Waals surface area contributed by atoms with Crippen molar-refractivity contribution in [3.63, 3.8) is 0 Å². The first-order valence-electron chi connectivity index (χ1n) is 28.7. The highest BCUT2D eigenvalue weighted by atomic mass is 16.6. The van der Waals surface area contributed by atoms with Gasteiger partial charge >= 0.3 is 17.9 Å². The minimum absolute atomic E-state index is 0.0628. The fraction of sp³-hybridized carbons (Fsp3) is 0.948. The number of hydrogen-bond donors (Lipinski definition) is 0. The van der Waals surface area contributed by atoms with Gasteiger partial charge in [0.1, 0.15) is 13.2 Å². The van der Waals surface area contributed by atoms with Gasteiger partial charge in [-0.25, -0.2) is 0 Å². The zero-order chi connectivity index (χ0) is 46.8. The van der Waals surface area contributed by atoms with Gasteiger partial charge in [0, 0.05) is 19.3 Å². The molecule has 0 aliphatic carbocycles. The van der Waals surface area contributed by atoms with Crippen molar-refractivity contribution in [3.8, 4) is 0 Å². The molecule has 0 aliphatic heterocycles. The van der Waals surface area contributed by atoms with Gasteiger partial charge in [0.05, 0.1) is 0 Å². The standard InChI is InChI=1S/C58H112O6/c1-6-7-8-9-10-11-28-33-38-43-48-56(59)62-51-55(64-58(61)50-45-40-35-30-25-21-20-23-27-32-37-42-47-54(4)5)52-63-57(60)49-44-39-34-29-24-19-17-15-13-12-14-16-18-22-26-31-36-41-46-53(2)3/h53-55H,6-52H2,1-5H3/t55-/m0/s1. The summed E-state index contributed by atoms with van der Waals surface area (Å²) in [7, 11) is 0. The molecule has 0 heterocycles. The van der Waals surface area contributed by atoms with Crippen molar-refractivity contribution in [3.05, 3.63) is 0 Å². The summed E-state index contributed by atoms with van der Waals surface area (Å²) < 4.78 is 16.9. The van der Waals surface area contributed by atoms with E-state index in [1.807, 2.05) is 0 Å². The normalized spacial score (nSPS) is 12.0. The lowest BCUT2D eigenvalue weighted by Crippen LogP contribution is -2.30. The van der Waals surface area contributed by atoms with E-state index in [0.29, 0.717) is 19.3 Å². The highest BCUT2D eigenvalue weighted by molar-refractivity contribution is 5.71. The molecule has 0 aliphatic rings. The molecule has 0 radical (unpaired) electrons. The van der Waals surface area contributed by atoms with Gasteiger partial charge in [-0.15, -0.1) is 0 Å². The largest absolute Gasteiger partial charge is 0.462 e. The Bertz CT molecular complexity index is 978. The zero-order valence-corrected chi connectivity index (χ0v) is 43.9. The third kappa shape index (κ3) is 51.4. The number of rotatable bonds is 52. The van der Waals surface area contributed by atoms with Crippen molar-refractivity contribution in [1.29, 1.82) is 0 Å². The van der Waals surface area contributed by atoms with Crippen molar-refractivity contribution in [1.82, 2.24) is 0 Å². The van der Waals surface area contributed by atoms with Gasteiger partial charge in [-0.2, -0.15) is 0 Å². The first-order valence-corrected chi connectivity index (χ1v) is 28.7. The maximum atomic E-state index is 12.8. The minimum atomic E-state index is -0.762. The maximum Gasteiger partial charge on any atom is 0.306 e. The number of carbonyl (C=O) groups is 3. The Morgan fingerprint density at radius 3 is 0.766 bits per heavy atom. The van der Waals surface area contributed by atoms with E-state index >= 15 is 0 Å². The highest BCUT2D eigenvalue weighted by Gasteiger charge is 2.19. The molecule has 0 saturated carbocycles. The molecule has 0 unspecified atom stereocenters. The first kappa shape index (κ1) is 62.4. The van der Waals surface area contributed by atoms with Gasteiger partial charge in [0.2, 0.25) is 0 Å². The van der Waals surface area contributed by atoms with Crippen molar-refractivity contribution in [2.75, 3.05) is 13.2 Å². The molecule has 6 heteroatoms. The van der Waals surface area contributed by atoms with Crippen molar-refractivity contribution in [2.45, 2.75) is 330 Å². The van der Waals surface area contributed by atoms with Gasteiger partial charge in [-0.1, -0.05) is 285 Å². The number of unbranched alkanes of at least 4 members (excludes halogenated alkanes) is 37. The van der Waals surface area contributed by atoms with Gasteiger partial charge in [0.15, 0.2) is 6.10 Å². The number of esters is 3. The Hall–Kier alpha value is -1.59. The Morgan fingerprint density at radius 1 is 0.297 bits per heavy atom. The van der Waals surface area contributed by atoms with Crippen LogP contribution in [0, 0.1) is 11.8 Å². The summed E-state index contributed by atoms with van der Waals surface area (Å²) in [4.78, 5) is 38.0. The van der Waals surface area contributed by atoms with E-state index in [2.05, 4.69) is 34.6 Å². The molecule has 0 rings (SSSR count). The minimum Gasteiger partial charge on any atom is -0.462 e. The van der Waals surface area contributed by atoms with Crippen LogP contribution in [0.4, 0.5) is 0 Å². The summed E-state index contributed by atoms with van der Waals surface area (Å²) >= 11 is 0. The van der Waals surface area contributed by atoms with Crippen LogP contribution in [0.25, 0.3) is 0 Å². The van der Waals surface area contributed by atoms with Crippen molar-refractivity contribution in [2.24, 2.45) is 11.8 Å². The molecule has 0 spiro atoms. The van der Waals surface area contributed by atoms with Crippen LogP contribution in [-0.2, 0) is 28.6 Å². The summed E-state index contributed by atoms with van der Waals surface area (Å²) in [6.45, 7) is 11.4. The SMILES string of the molecule is CCCCCCCCCCCCC(=O)OC[C@@H](COC(=O)CCCCCCCCCCCCCCCCCCCCC(C)C)OC(=O)CCCCCCCCCCCCCCC(C)C. The molecule has 64 heavy (non-hydrogen) atoms. The Labute approximate surface area is 399 Å². The molecule has 0 aromatic heterocycles. The molecule has 0 saturated heterocycles. The summed E-state index contributed by atoms with van der Waals surface area (Å²) in [5, 5.41) is 0. The van der Waals surface area contributed by atoms with Crippen LogP contribution in [0.3, 0.4) is 0 Å². The predicted octanol–water partition coefficient (Wildman–Crippen LogP) is 18.9. The fourth-order valence-corrected chi connectivity index (χ4v) is 8.87. The lowest BCUT2D eigenvalue weighted by atomic mass is 10.0. The van der Waals surface area contributed by atoms with E-state index in [-0.39, 0.29) is 31.1 Å². The quantitative estimate of drug-likeness (QED) is 0.0344. The molecular formula is C58H112O6. The molecule has 0 aromatic carbocycles. The number of carbonyl (C=O) groups excluding carboxylic acids is 3. The average molecular weight is 906 g/mol. The van der Waals surface area contributed by atoms with Gasteiger partial charge in [-0.3, -0.25) is 14.4 Å². The monoisotopic (exact) mass is 905 g/mol. The molecule has 380 valence electrons. The lowest BCUT2D eigenvalue weighted by Gasteiger charge is -2.18. The van der Waals surface area contributed by atoms with Crippen LogP contribution in [0.5, 0.6) is 0 Å². The Morgan fingerprint density at radius 2 is 0.516 bits per heavy atom. The van der Waals surface area contributed by atoms with E-state index in [9.17, 15) is 14.4 Å². The van der Waals surface area contributed by atoms with E-state index in [1.54, 1.807) is 0 Å². The Balaban J connectivity index is 4.20. The lowest BCUT2D eigenvalue weighted by molar-refractivity contribution is -0.167. The van der Waals surface area contributed by atoms with Crippen molar-refractivity contribution >= 4 is 17.9 Å². The fourth-order valence-electron chi connectivity index (χ4n) is 8.87. The highest BCUT2D eigenvalue weighted by Crippen LogP contribution is 2.18. The second kappa shape index (κ2) is 50.8. The van der Waals surface area contributed by atoms with E-state index in [1.165, 1.54) is 212 Å². The number of hydrogen-bond acceptors (Lipinski definition) is 6.